The number of anilines is 2. The van der Waals surface area contributed by atoms with E-state index in [0.29, 0.717) is 6.04 Å². The van der Waals surface area contributed by atoms with Crippen molar-refractivity contribution in [2.75, 3.05) is 30.9 Å². The first-order valence-electron chi connectivity index (χ1n) is 10.1. The molecule has 0 spiro atoms. The predicted octanol–water partition coefficient (Wildman–Crippen LogP) is 4.05. The summed E-state index contributed by atoms with van der Waals surface area (Å²) in [5, 5.41) is 8.19. The molecule has 0 bridgehead atoms. The van der Waals surface area contributed by atoms with Crippen molar-refractivity contribution in [3.05, 3.63) is 48.4 Å². The van der Waals surface area contributed by atoms with Gasteiger partial charge in [-0.25, -0.2) is 4.98 Å². The molecule has 3 aromatic rings. The zero-order valence-electron chi connectivity index (χ0n) is 16.7. The molecule has 0 atom stereocenters. The van der Waals surface area contributed by atoms with Crippen LogP contribution in [0.5, 0.6) is 0 Å². The van der Waals surface area contributed by atoms with Gasteiger partial charge in [0.2, 0.25) is 5.95 Å². The summed E-state index contributed by atoms with van der Waals surface area (Å²) in [5.74, 6) is 3.43. The highest BCUT2D eigenvalue weighted by atomic mass is 16.3. The first kappa shape index (κ1) is 18.7. The van der Waals surface area contributed by atoms with Crippen LogP contribution in [0.4, 0.5) is 11.8 Å². The topological polar surface area (TPSA) is 66.2 Å². The number of hydrogen-bond acceptors (Lipinski definition) is 6. The minimum atomic E-state index is 0.442. The summed E-state index contributed by atoms with van der Waals surface area (Å²) >= 11 is 0. The van der Waals surface area contributed by atoms with Gasteiger partial charge in [0, 0.05) is 25.5 Å². The maximum Gasteiger partial charge on any atom is 0.225 e. The SMILES string of the molecule is CN(C)c1nc(NC2CCC(CNCc3ccco3)CC2)nc2ccccc12. The molecule has 148 valence electrons. The molecule has 2 aromatic heterocycles. The van der Waals surface area contributed by atoms with Gasteiger partial charge in [-0.15, -0.1) is 0 Å². The van der Waals surface area contributed by atoms with E-state index < -0.39 is 0 Å². The van der Waals surface area contributed by atoms with E-state index in [-0.39, 0.29) is 0 Å². The van der Waals surface area contributed by atoms with Gasteiger partial charge in [0.1, 0.15) is 11.6 Å². The largest absolute Gasteiger partial charge is 0.468 e. The Morgan fingerprint density at radius 2 is 1.86 bits per heavy atom. The van der Waals surface area contributed by atoms with E-state index in [9.17, 15) is 0 Å². The Hall–Kier alpha value is -2.60. The van der Waals surface area contributed by atoms with Gasteiger partial charge in [0.25, 0.3) is 0 Å². The Kier molecular flexibility index (Phi) is 5.76. The van der Waals surface area contributed by atoms with Crippen molar-refractivity contribution in [3.8, 4) is 0 Å². The summed E-state index contributed by atoms with van der Waals surface area (Å²) in [6, 6.07) is 12.6. The zero-order chi connectivity index (χ0) is 19.3. The van der Waals surface area contributed by atoms with Crippen LogP contribution in [0.25, 0.3) is 10.9 Å². The molecule has 1 aromatic carbocycles. The monoisotopic (exact) mass is 379 g/mol. The highest BCUT2D eigenvalue weighted by Crippen LogP contribution is 2.28. The predicted molar refractivity (Wildman–Crippen MR) is 114 cm³/mol. The average molecular weight is 380 g/mol. The number of para-hydroxylation sites is 1. The Labute approximate surface area is 166 Å². The fourth-order valence-electron chi connectivity index (χ4n) is 3.97. The lowest BCUT2D eigenvalue weighted by molar-refractivity contribution is 0.319. The maximum atomic E-state index is 5.37. The van der Waals surface area contributed by atoms with E-state index in [4.69, 9.17) is 14.4 Å². The van der Waals surface area contributed by atoms with Crippen LogP contribution in [-0.4, -0.2) is 36.6 Å². The van der Waals surface area contributed by atoms with Crippen molar-refractivity contribution in [1.82, 2.24) is 15.3 Å². The fourth-order valence-corrected chi connectivity index (χ4v) is 3.97. The smallest absolute Gasteiger partial charge is 0.225 e. The molecular formula is C22H29N5O. The minimum absolute atomic E-state index is 0.442. The lowest BCUT2D eigenvalue weighted by atomic mass is 9.86. The second-order valence-electron chi connectivity index (χ2n) is 7.85. The van der Waals surface area contributed by atoms with Gasteiger partial charge in [0.05, 0.1) is 18.3 Å². The Balaban J connectivity index is 1.32. The maximum absolute atomic E-state index is 5.37. The highest BCUT2D eigenvalue weighted by Gasteiger charge is 2.22. The molecule has 1 saturated carbocycles. The number of nitrogens with zero attached hydrogens (tertiary/aromatic N) is 3. The van der Waals surface area contributed by atoms with Gasteiger partial charge < -0.3 is 20.0 Å². The van der Waals surface area contributed by atoms with Gasteiger partial charge in [0.15, 0.2) is 0 Å². The first-order valence-corrected chi connectivity index (χ1v) is 10.1. The second-order valence-corrected chi connectivity index (χ2v) is 7.85. The van der Waals surface area contributed by atoms with Crippen molar-refractivity contribution in [3.63, 3.8) is 0 Å². The van der Waals surface area contributed by atoms with Crippen LogP contribution in [0.15, 0.2) is 47.1 Å². The van der Waals surface area contributed by atoms with Gasteiger partial charge in [-0.3, -0.25) is 0 Å². The zero-order valence-corrected chi connectivity index (χ0v) is 16.7. The molecule has 2 heterocycles. The third kappa shape index (κ3) is 4.44. The van der Waals surface area contributed by atoms with Gasteiger partial charge in [-0.2, -0.15) is 4.98 Å². The Bertz CT molecular complexity index is 885. The van der Waals surface area contributed by atoms with E-state index in [2.05, 4.69) is 27.7 Å². The number of hydrogen-bond donors (Lipinski definition) is 2. The molecule has 6 heteroatoms. The fraction of sp³-hybridized carbons (Fsp3) is 0.455. The summed E-state index contributed by atoms with van der Waals surface area (Å²) < 4.78 is 5.37. The first-order chi connectivity index (χ1) is 13.7. The standard InChI is InChI=1S/C22H29N5O/c1-27(2)21-19-7-3-4-8-20(19)25-22(26-21)24-17-11-9-16(10-12-17)14-23-15-18-6-5-13-28-18/h3-8,13,16-17,23H,9-12,14-15H2,1-2H3,(H,24,25,26). The van der Waals surface area contributed by atoms with Crippen molar-refractivity contribution in [2.45, 2.75) is 38.3 Å². The number of aromatic nitrogens is 2. The minimum Gasteiger partial charge on any atom is -0.468 e. The molecule has 0 aliphatic heterocycles. The van der Waals surface area contributed by atoms with E-state index in [1.807, 2.05) is 38.4 Å². The summed E-state index contributed by atoms with van der Waals surface area (Å²) in [6.07, 6.45) is 6.47. The van der Waals surface area contributed by atoms with Crippen molar-refractivity contribution in [2.24, 2.45) is 5.92 Å². The second kappa shape index (κ2) is 8.61. The lowest BCUT2D eigenvalue weighted by Crippen LogP contribution is -2.31. The van der Waals surface area contributed by atoms with Crippen LogP contribution in [0.2, 0.25) is 0 Å². The van der Waals surface area contributed by atoms with Crippen molar-refractivity contribution >= 4 is 22.7 Å². The molecule has 0 saturated heterocycles. The third-order valence-corrected chi connectivity index (χ3v) is 5.50. The van der Waals surface area contributed by atoms with Gasteiger partial charge in [-0.05, 0) is 62.4 Å². The Morgan fingerprint density at radius 3 is 2.61 bits per heavy atom. The summed E-state index contributed by atoms with van der Waals surface area (Å²) in [6.45, 7) is 1.86. The number of fused-ring (bicyclic) bond motifs is 1. The van der Waals surface area contributed by atoms with Crippen LogP contribution in [0.1, 0.15) is 31.4 Å². The number of nitrogens with one attached hydrogen (secondary N) is 2. The molecule has 0 amide bonds. The van der Waals surface area contributed by atoms with Crippen LogP contribution in [0, 0.1) is 5.92 Å². The molecule has 1 aliphatic carbocycles. The molecule has 1 aliphatic rings. The van der Waals surface area contributed by atoms with Crippen LogP contribution >= 0.6 is 0 Å². The number of rotatable bonds is 7. The molecule has 2 N–H and O–H groups in total. The van der Waals surface area contributed by atoms with E-state index >= 15 is 0 Å². The molecular weight excluding hydrogens is 350 g/mol. The Morgan fingerprint density at radius 1 is 1.04 bits per heavy atom. The van der Waals surface area contributed by atoms with Crippen molar-refractivity contribution in [1.29, 1.82) is 0 Å². The van der Waals surface area contributed by atoms with Gasteiger partial charge in [-0.1, -0.05) is 12.1 Å². The molecule has 0 unspecified atom stereocenters. The molecule has 0 radical (unpaired) electrons. The number of furan rings is 1. The van der Waals surface area contributed by atoms with E-state index in [1.165, 1.54) is 12.8 Å². The van der Waals surface area contributed by atoms with E-state index in [1.54, 1.807) is 6.26 Å². The number of benzene rings is 1. The lowest BCUT2D eigenvalue weighted by Gasteiger charge is -2.29. The van der Waals surface area contributed by atoms with E-state index in [0.717, 1.165) is 60.3 Å². The molecule has 28 heavy (non-hydrogen) atoms. The molecule has 4 rings (SSSR count). The molecule has 6 nitrogen and oxygen atoms in total. The normalized spacial score (nSPS) is 19.6. The summed E-state index contributed by atoms with van der Waals surface area (Å²) in [5.41, 5.74) is 0.986. The van der Waals surface area contributed by atoms with Crippen LogP contribution in [-0.2, 0) is 6.54 Å². The van der Waals surface area contributed by atoms with Gasteiger partial charge >= 0.3 is 0 Å². The third-order valence-electron chi connectivity index (χ3n) is 5.50. The van der Waals surface area contributed by atoms with Crippen molar-refractivity contribution < 1.29 is 4.42 Å². The molecule has 1 fully saturated rings. The summed E-state index contributed by atoms with van der Waals surface area (Å²) in [7, 11) is 4.05. The van der Waals surface area contributed by atoms with Crippen LogP contribution in [0.3, 0.4) is 0 Å². The highest BCUT2D eigenvalue weighted by molar-refractivity contribution is 5.90. The van der Waals surface area contributed by atoms with Crippen LogP contribution < -0.4 is 15.5 Å². The quantitative estimate of drug-likeness (QED) is 0.646. The average Bonchev–Trinajstić information content (AvgIpc) is 3.22. The summed E-state index contributed by atoms with van der Waals surface area (Å²) in [4.78, 5) is 11.6.